The van der Waals surface area contributed by atoms with Gasteiger partial charge in [-0.3, -0.25) is 0 Å². The van der Waals surface area contributed by atoms with Crippen LogP contribution in [0, 0.1) is 45.3 Å². The fourth-order valence-electron chi connectivity index (χ4n) is 9.42. The van der Waals surface area contributed by atoms with Crippen molar-refractivity contribution in [1.29, 1.82) is 0 Å². The summed E-state index contributed by atoms with van der Waals surface area (Å²) in [5, 5.41) is 14.4. The van der Waals surface area contributed by atoms with E-state index in [-0.39, 0.29) is 17.0 Å². The second-order valence-electron chi connectivity index (χ2n) is 14.1. The third-order valence-corrected chi connectivity index (χ3v) is 11.8. The molecule has 0 aromatic rings. The maximum atomic E-state index is 11.7. The molecule has 3 N–H and O–H groups in total. The monoisotopic (exact) mass is 460 g/mol. The number of hydrogen-bond donors (Lipinski definition) is 2. The van der Waals surface area contributed by atoms with Gasteiger partial charge in [-0.25, -0.2) is 0 Å². The van der Waals surface area contributed by atoms with Crippen LogP contribution in [-0.2, 0) is 0 Å². The number of fused-ring (bicyclic) bond motifs is 5. The van der Waals surface area contributed by atoms with E-state index in [2.05, 4.69) is 32.9 Å². The Morgan fingerprint density at radius 2 is 1.67 bits per heavy atom. The van der Waals surface area contributed by atoms with Crippen LogP contribution in [0.1, 0.15) is 125 Å². The molecule has 4 rings (SSSR count). The Morgan fingerprint density at radius 3 is 2.36 bits per heavy atom. The van der Waals surface area contributed by atoms with Crippen molar-refractivity contribution in [2.75, 3.05) is 0 Å². The molecule has 4 nitrogen and oxygen atoms in total. The van der Waals surface area contributed by atoms with Crippen LogP contribution in [0.5, 0.6) is 0 Å². The molecule has 4 fully saturated rings. The summed E-state index contributed by atoms with van der Waals surface area (Å²) < 4.78 is 0. The molecule has 0 aromatic carbocycles. The molecule has 33 heavy (non-hydrogen) atoms. The van der Waals surface area contributed by atoms with Crippen LogP contribution >= 0.6 is 0 Å². The van der Waals surface area contributed by atoms with Gasteiger partial charge in [-0.15, -0.1) is 0 Å². The van der Waals surface area contributed by atoms with Gasteiger partial charge < -0.3 is 10.8 Å². The summed E-state index contributed by atoms with van der Waals surface area (Å²) in [5.41, 5.74) is 7.16. The Labute approximate surface area is 203 Å². The van der Waals surface area contributed by atoms with Crippen LogP contribution in [0.15, 0.2) is 5.18 Å². The van der Waals surface area contributed by atoms with Crippen LogP contribution in [0.2, 0.25) is 0 Å². The minimum atomic E-state index is -0.549. The van der Waals surface area contributed by atoms with Crippen molar-refractivity contribution in [2.24, 2.45) is 51.3 Å². The first-order chi connectivity index (χ1) is 15.4. The zero-order valence-electron chi connectivity index (χ0n) is 22.2. The van der Waals surface area contributed by atoms with Crippen LogP contribution in [0.3, 0.4) is 0 Å². The zero-order valence-corrected chi connectivity index (χ0v) is 22.2. The summed E-state index contributed by atoms with van der Waals surface area (Å²) in [4.78, 5) is 11.7. The molecule has 4 aliphatic carbocycles. The second-order valence-corrected chi connectivity index (χ2v) is 14.1. The molecule has 4 heteroatoms. The average Bonchev–Trinajstić information content (AvgIpc) is 3.08. The van der Waals surface area contributed by atoms with Gasteiger partial charge in [0.2, 0.25) is 0 Å². The Hall–Kier alpha value is -0.480. The number of nitroso groups, excluding NO2 is 1. The van der Waals surface area contributed by atoms with Crippen molar-refractivity contribution < 1.29 is 5.11 Å². The van der Waals surface area contributed by atoms with Gasteiger partial charge in [0.25, 0.3) is 0 Å². The van der Waals surface area contributed by atoms with Gasteiger partial charge in [-0.05, 0) is 137 Å². The molecule has 8 unspecified atom stereocenters. The fourth-order valence-corrected chi connectivity index (χ4v) is 9.42. The van der Waals surface area contributed by atoms with Gasteiger partial charge >= 0.3 is 0 Å². The topological polar surface area (TPSA) is 75.7 Å². The van der Waals surface area contributed by atoms with Crippen molar-refractivity contribution in [3.8, 4) is 0 Å². The van der Waals surface area contributed by atoms with Crippen LogP contribution < -0.4 is 5.73 Å². The van der Waals surface area contributed by atoms with Crippen molar-refractivity contribution in [2.45, 2.75) is 142 Å². The zero-order chi connectivity index (χ0) is 24.1. The van der Waals surface area contributed by atoms with Gasteiger partial charge in [-0.1, -0.05) is 32.9 Å². The van der Waals surface area contributed by atoms with Gasteiger partial charge in [0, 0.05) is 5.54 Å². The fraction of sp³-hybridized carbons (Fsp3) is 1.00. The lowest BCUT2D eigenvalue weighted by molar-refractivity contribution is -0.125. The summed E-state index contributed by atoms with van der Waals surface area (Å²) in [6, 6.07) is 0.00432. The van der Waals surface area contributed by atoms with E-state index in [1.807, 2.05) is 6.92 Å². The average molecular weight is 461 g/mol. The lowest BCUT2D eigenvalue weighted by atomic mass is 9.43. The summed E-state index contributed by atoms with van der Waals surface area (Å²) in [6.07, 6.45) is 15.6. The number of rotatable bonds is 6. The van der Waals surface area contributed by atoms with E-state index in [1.165, 1.54) is 38.5 Å². The van der Waals surface area contributed by atoms with Crippen molar-refractivity contribution in [3.05, 3.63) is 4.91 Å². The first-order valence-electron chi connectivity index (χ1n) is 14.3. The minimum absolute atomic E-state index is 0.00432. The van der Waals surface area contributed by atoms with E-state index in [9.17, 15) is 10.0 Å². The first-order valence-corrected chi connectivity index (χ1v) is 14.3. The van der Waals surface area contributed by atoms with E-state index in [0.29, 0.717) is 17.3 Å². The SMILES string of the molecule is CC(C)CCC(CC1CCC2C3CCC4(N)CC[C@@](C)(O)CCCC4(C)C3CCC12C)N=O. The number of nitrogens with zero attached hydrogens (tertiary/aromatic N) is 1. The van der Waals surface area contributed by atoms with Crippen LogP contribution in [-0.4, -0.2) is 22.3 Å². The largest absolute Gasteiger partial charge is 0.390 e. The Bertz CT molecular complexity index is 708. The van der Waals surface area contributed by atoms with Crippen molar-refractivity contribution >= 4 is 0 Å². The van der Waals surface area contributed by atoms with E-state index in [4.69, 9.17) is 5.73 Å². The van der Waals surface area contributed by atoms with Gasteiger partial charge in [-0.2, -0.15) is 4.91 Å². The molecule has 4 saturated carbocycles. The molecular formula is C29H52N2O2. The third kappa shape index (κ3) is 4.57. The van der Waals surface area contributed by atoms with Crippen LogP contribution in [0.4, 0.5) is 0 Å². The predicted octanol–water partition coefficient (Wildman–Crippen LogP) is 7.22. The molecular weight excluding hydrogens is 408 g/mol. The molecule has 0 spiro atoms. The molecule has 0 heterocycles. The number of nitrogens with two attached hydrogens (primary N) is 1. The van der Waals surface area contributed by atoms with E-state index < -0.39 is 5.60 Å². The van der Waals surface area contributed by atoms with Gasteiger partial charge in [0.05, 0.1) is 11.6 Å². The molecule has 0 radical (unpaired) electrons. The first kappa shape index (κ1) is 25.6. The van der Waals surface area contributed by atoms with E-state index >= 15 is 0 Å². The lowest BCUT2D eigenvalue weighted by Crippen LogP contribution is -2.65. The lowest BCUT2D eigenvalue weighted by Gasteiger charge is -2.64. The summed E-state index contributed by atoms with van der Waals surface area (Å²) in [7, 11) is 0. The van der Waals surface area contributed by atoms with Gasteiger partial charge in [0.15, 0.2) is 0 Å². The van der Waals surface area contributed by atoms with Crippen LogP contribution in [0.25, 0.3) is 0 Å². The highest BCUT2D eigenvalue weighted by molar-refractivity contribution is 5.15. The van der Waals surface area contributed by atoms with E-state index in [1.54, 1.807) is 0 Å². The highest BCUT2D eigenvalue weighted by Gasteiger charge is 2.62. The molecule has 0 bridgehead atoms. The molecule has 0 amide bonds. The highest BCUT2D eigenvalue weighted by Crippen LogP contribution is 2.68. The molecule has 0 aromatic heterocycles. The Balaban J connectivity index is 1.50. The highest BCUT2D eigenvalue weighted by atomic mass is 16.3. The van der Waals surface area contributed by atoms with Gasteiger partial charge in [0.1, 0.15) is 0 Å². The molecule has 0 aliphatic heterocycles. The van der Waals surface area contributed by atoms with Crippen molar-refractivity contribution in [1.82, 2.24) is 0 Å². The molecule has 4 aliphatic rings. The minimum Gasteiger partial charge on any atom is -0.390 e. The van der Waals surface area contributed by atoms with E-state index in [0.717, 1.165) is 69.1 Å². The number of hydrogen-bond acceptors (Lipinski definition) is 4. The predicted molar refractivity (Wildman–Crippen MR) is 137 cm³/mol. The smallest absolute Gasteiger partial charge is 0.0922 e. The summed E-state index contributed by atoms with van der Waals surface area (Å²) in [6.45, 7) is 11.6. The Morgan fingerprint density at radius 1 is 0.909 bits per heavy atom. The maximum Gasteiger partial charge on any atom is 0.0922 e. The number of aliphatic hydroxyl groups is 1. The summed E-state index contributed by atoms with van der Waals surface area (Å²) in [5.74, 6) is 3.59. The maximum absolute atomic E-state index is 11.7. The van der Waals surface area contributed by atoms with Crippen molar-refractivity contribution in [3.63, 3.8) is 0 Å². The molecule has 9 atom stereocenters. The normalized spacial score (nSPS) is 48.8. The third-order valence-electron chi connectivity index (χ3n) is 11.8. The second kappa shape index (κ2) is 9.19. The Kier molecular flexibility index (Phi) is 7.13. The molecule has 0 saturated heterocycles. The summed E-state index contributed by atoms with van der Waals surface area (Å²) >= 11 is 0. The molecule has 190 valence electrons. The standard InChI is InChI=1S/C29H52N2O2/c1-20(2)7-9-22(31-33)19-21-8-10-24-23-11-16-29(30)18-17-26(3,32)13-6-14-28(29,5)25(23)12-15-27(21,24)4/h20-25,32H,6-19,30H2,1-5H3/t21?,22?,23?,24?,25?,26-,27?,28?,29?/m0/s1. The quantitative estimate of drug-likeness (QED) is 0.411.